The number of carbonyl (C=O) groups is 2. The number of benzene rings is 1. The van der Waals surface area contributed by atoms with Gasteiger partial charge in [-0.15, -0.1) is 5.10 Å². The van der Waals surface area contributed by atoms with Crippen LogP contribution in [0, 0.1) is 12.8 Å². The normalized spacial score (nSPS) is 18.6. The van der Waals surface area contributed by atoms with Crippen LogP contribution in [0.4, 0.5) is 0 Å². The summed E-state index contributed by atoms with van der Waals surface area (Å²) in [6.45, 7) is 5.06. The Labute approximate surface area is 181 Å². The van der Waals surface area contributed by atoms with E-state index in [9.17, 15) is 14.7 Å². The fourth-order valence-corrected chi connectivity index (χ4v) is 4.00. The van der Waals surface area contributed by atoms with E-state index in [0.717, 1.165) is 5.56 Å². The number of aromatic carboxylic acids is 1. The Morgan fingerprint density at radius 2 is 2.00 bits per heavy atom. The molecule has 4 rings (SSSR count). The minimum atomic E-state index is -1.01. The highest BCUT2D eigenvalue weighted by Crippen LogP contribution is 2.30. The summed E-state index contributed by atoms with van der Waals surface area (Å²) < 4.78 is 2.42. The molecule has 0 spiro atoms. The number of likely N-dealkylation sites (tertiary alicyclic amines) is 1. The second-order valence-electron chi connectivity index (χ2n) is 7.56. The van der Waals surface area contributed by atoms with Crippen LogP contribution in [0.5, 0.6) is 0 Å². The van der Waals surface area contributed by atoms with Gasteiger partial charge >= 0.3 is 5.97 Å². The number of amides is 1. The third-order valence-corrected chi connectivity index (χ3v) is 5.83. The number of carbonyl (C=O) groups excluding carboxylic acids is 1. The molecule has 0 aliphatic carbocycles. The molecule has 0 bridgehead atoms. The van der Waals surface area contributed by atoms with Crippen LogP contribution in [0.3, 0.4) is 0 Å². The van der Waals surface area contributed by atoms with Crippen LogP contribution >= 0.6 is 15.9 Å². The van der Waals surface area contributed by atoms with Gasteiger partial charge in [0.2, 0.25) is 0 Å². The van der Waals surface area contributed by atoms with Gasteiger partial charge in [-0.25, -0.2) is 14.5 Å². The molecule has 3 aromatic rings. The van der Waals surface area contributed by atoms with Gasteiger partial charge in [0.1, 0.15) is 10.3 Å². The van der Waals surface area contributed by atoms with Crippen molar-refractivity contribution in [1.82, 2.24) is 24.9 Å². The number of carboxylic acid groups (broad SMARTS) is 1. The molecular weight excluding hydrogens is 450 g/mol. The van der Waals surface area contributed by atoms with E-state index in [1.807, 2.05) is 6.92 Å². The van der Waals surface area contributed by atoms with Gasteiger partial charge < -0.3 is 10.0 Å². The Balaban J connectivity index is 1.57. The molecule has 9 heteroatoms. The van der Waals surface area contributed by atoms with Gasteiger partial charge in [-0.05, 0) is 53.0 Å². The van der Waals surface area contributed by atoms with Crippen molar-refractivity contribution in [3.05, 3.63) is 64.0 Å². The number of hydrogen-bond donors (Lipinski definition) is 1. The lowest BCUT2D eigenvalue weighted by molar-refractivity contribution is 0.0696. The largest absolute Gasteiger partial charge is 0.478 e. The summed E-state index contributed by atoms with van der Waals surface area (Å²) in [5, 5.41) is 18.0. The summed E-state index contributed by atoms with van der Waals surface area (Å²) in [4.78, 5) is 30.3. The Morgan fingerprint density at radius 1 is 1.20 bits per heavy atom. The molecule has 1 N–H and O–H groups in total. The maximum absolute atomic E-state index is 12.8. The van der Waals surface area contributed by atoms with E-state index in [0.29, 0.717) is 34.5 Å². The Kier molecular flexibility index (Phi) is 5.38. The Hall–Kier alpha value is -3.07. The molecule has 1 aliphatic heterocycles. The quantitative estimate of drug-likeness (QED) is 0.587. The van der Waals surface area contributed by atoms with Crippen LogP contribution in [0.1, 0.15) is 39.2 Å². The van der Waals surface area contributed by atoms with Crippen LogP contribution in [0.25, 0.3) is 11.3 Å². The van der Waals surface area contributed by atoms with Crippen molar-refractivity contribution < 1.29 is 14.7 Å². The van der Waals surface area contributed by atoms with E-state index in [1.54, 1.807) is 52.3 Å². The molecule has 0 radical (unpaired) electrons. The zero-order chi connectivity index (χ0) is 21.4. The predicted molar refractivity (Wildman–Crippen MR) is 113 cm³/mol. The molecule has 1 amide bonds. The molecule has 8 nitrogen and oxygen atoms in total. The first-order valence-corrected chi connectivity index (χ1v) is 10.3. The van der Waals surface area contributed by atoms with Crippen LogP contribution < -0.4 is 0 Å². The van der Waals surface area contributed by atoms with E-state index < -0.39 is 5.97 Å². The Morgan fingerprint density at radius 3 is 2.70 bits per heavy atom. The third-order valence-electron chi connectivity index (χ3n) is 5.37. The van der Waals surface area contributed by atoms with E-state index >= 15 is 0 Å². The molecule has 1 aliphatic rings. The van der Waals surface area contributed by atoms with Crippen molar-refractivity contribution in [2.24, 2.45) is 5.92 Å². The standard InChI is InChI=1S/C21H20BrN5O3/c1-12-3-5-15(21(29)30)16(7-12)17-10-27(25-24-17)18-11-26(9-13(18)2)20(28)14-4-6-19(22)23-8-14/h3-8,10,13,18H,9,11H2,1-2H3,(H,29,30)/t13-,18+/m1/s1. The highest BCUT2D eigenvalue weighted by molar-refractivity contribution is 9.10. The van der Waals surface area contributed by atoms with Crippen LogP contribution in [-0.2, 0) is 0 Å². The van der Waals surface area contributed by atoms with Gasteiger partial charge in [-0.2, -0.15) is 0 Å². The summed E-state index contributed by atoms with van der Waals surface area (Å²) >= 11 is 3.28. The van der Waals surface area contributed by atoms with Crippen molar-refractivity contribution in [3.63, 3.8) is 0 Å². The van der Waals surface area contributed by atoms with Crippen molar-refractivity contribution >= 4 is 27.8 Å². The zero-order valence-corrected chi connectivity index (χ0v) is 18.1. The van der Waals surface area contributed by atoms with E-state index in [1.165, 1.54) is 0 Å². The SMILES string of the molecule is Cc1ccc(C(=O)O)c(-c2cn([C@H]3CN(C(=O)c4ccc(Br)nc4)C[C@H]3C)nn2)c1. The zero-order valence-electron chi connectivity index (χ0n) is 16.5. The molecule has 1 aromatic carbocycles. The maximum atomic E-state index is 12.8. The minimum Gasteiger partial charge on any atom is -0.478 e. The molecule has 154 valence electrons. The molecule has 1 saturated heterocycles. The number of nitrogens with zero attached hydrogens (tertiary/aromatic N) is 5. The molecule has 2 atom stereocenters. The number of aryl methyl sites for hydroxylation is 1. The van der Waals surface area contributed by atoms with E-state index in [4.69, 9.17) is 0 Å². The van der Waals surface area contributed by atoms with Crippen molar-refractivity contribution in [3.8, 4) is 11.3 Å². The fourth-order valence-electron chi connectivity index (χ4n) is 3.76. The minimum absolute atomic E-state index is 0.0447. The monoisotopic (exact) mass is 469 g/mol. The highest BCUT2D eigenvalue weighted by atomic mass is 79.9. The van der Waals surface area contributed by atoms with Crippen molar-refractivity contribution in [1.29, 1.82) is 0 Å². The van der Waals surface area contributed by atoms with Crippen molar-refractivity contribution in [2.45, 2.75) is 19.9 Å². The topological polar surface area (TPSA) is 101 Å². The molecule has 30 heavy (non-hydrogen) atoms. The van der Waals surface area contributed by atoms with Gasteiger partial charge in [0.15, 0.2) is 0 Å². The number of pyridine rings is 1. The first-order valence-electron chi connectivity index (χ1n) is 9.50. The van der Waals surface area contributed by atoms with Gasteiger partial charge in [-0.1, -0.05) is 23.8 Å². The second-order valence-corrected chi connectivity index (χ2v) is 8.37. The van der Waals surface area contributed by atoms with Gasteiger partial charge in [0.05, 0.1) is 23.4 Å². The predicted octanol–water partition coefficient (Wildman–Crippen LogP) is 3.44. The van der Waals surface area contributed by atoms with Crippen molar-refractivity contribution in [2.75, 3.05) is 13.1 Å². The number of aromatic nitrogens is 4. The second kappa shape index (κ2) is 7.98. The molecule has 2 aromatic heterocycles. The third kappa shape index (κ3) is 3.85. The summed E-state index contributed by atoms with van der Waals surface area (Å²) in [5.41, 5.74) is 2.71. The Bertz CT molecular complexity index is 1110. The number of rotatable bonds is 4. The van der Waals surface area contributed by atoms with Gasteiger partial charge in [-0.3, -0.25) is 4.79 Å². The number of carboxylic acids is 1. The molecule has 0 saturated carbocycles. The smallest absolute Gasteiger partial charge is 0.336 e. The maximum Gasteiger partial charge on any atom is 0.336 e. The van der Waals surface area contributed by atoms with E-state index in [2.05, 4.69) is 38.1 Å². The average molecular weight is 470 g/mol. The van der Waals surface area contributed by atoms with E-state index in [-0.39, 0.29) is 23.4 Å². The lowest BCUT2D eigenvalue weighted by Crippen LogP contribution is -2.29. The summed E-state index contributed by atoms with van der Waals surface area (Å²) in [6, 6.07) is 8.59. The number of hydrogen-bond acceptors (Lipinski definition) is 5. The van der Waals surface area contributed by atoms with Gasteiger partial charge in [0, 0.05) is 24.8 Å². The lowest BCUT2D eigenvalue weighted by atomic mass is 10.0. The highest BCUT2D eigenvalue weighted by Gasteiger charge is 2.35. The summed E-state index contributed by atoms with van der Waals surface area (Å²) in [7, 11) is 0. The number of halogens is 1. The summed E-state index contributed by atoms with van der Waals surface area (Å²) in [5.74, 6) is -0.909. The first kappa shape index (κ1) is 20.2. The summed E-state index contributed by atoms with van der Waals surface area (Å²) in [6.07, 6.45) is 3.32. The average Bonchev–Trinajstić information content (AvgIpc) is 3.34. The molecule has 3 heterocycles. The molecule has 0 unspecified atom stereocenters. The van der Waals surface area contributed by atoms with Crippen LogP contribution in [0.2, 0.25) is 0 Å². The van der Waals surface area contributed by atoms with Crippen LogP contribution in [-0.4, -0.2) is 55.0 Å². The molecule has 1 fully saturated rings. The first-order chi connectivity index (χ1) is 14.3. The molecular formula is C21H20BrN5O3. The van der Waals surface area contributed by atoms with Gasteiger partial charge in [0.25, 0.3) is 5.91 Å². The fraction of sp³-hybridized carbons (Fsp3) is 0.286. The lowest BCUT2D eigenvalue weighted by Gasteiger charge is -2.16. The van der Waals surface area contributed by atoms with Crippen LogP contribution in [0.15, 0.2) is 47.3 Å².